The highest BCUT2D eigenvalue weighted by atomic mass is 16.5. The van der Waals surface area contributed by atoms with Gasteiger partial charge in [-0.2, -0.15) is 0 Å². The second-order valence-corrected chi connectivity index (χ2v) is 7.67. The van der Waals surface area contributed by atoms with Gasteiger partial charge in [0.25, 0.3) is 0 Å². The number of hydrogen-bond acceptors (Lipinski definition) is 4. The van der Waals surface area contributed by atoms with E-state index in [4.69, 9.17) is 9.84 Å². The molecule has 1 heterocycles. The molecule has 0 saturated carbocycles. The molecular weight excluding hydrogens is 372 g/mol. The quantitative estimate of drug-likeness (QED) is 0.553. The first-order valence-corrected chi connectivity index (χ1v) is 10.3. The zero-order chi connectivity index (χ0) is 21.6. The molecule has 0 radical (unpaired) electrons. The normalized spacial score (nSPS) is 18.8. The van der Waals surface area contributed by atoms with E-state index in [9.17, 15) is 14.4 Å². The minimum atomic E-state index is -1.10. The molecule has 2 amide bonds. The standard InChI is InChI=1S/C22H32N2O5/c1-5-8-17(16-11-9-15(4)10-12-16)23-18(25)13-24-20(28)22(6-2,7-3)21(24)29-14-19(26)27/h9-12,17,21H,5-8,13-14H2,1-4H3,(H,23,25)(H,26,27)/t17-,21+/m1/s1. The van der Waals surface area contributed by atoms with Crippen LogP contribution >= 0.6 is 0 Å². The number of rotatable bonds is 11. The van der Waals surface area contributed by atoms with Gasteiger partial charge in [-0.3, -0.25) is 9.59 Å². The Hall–Kier alpha value is -2.41. The van der Waals surface area contributed by atoms with Gasteiger partial charge in [0, 0.05) is 0 Å². The van der Waals surface area contributed by atoms with Crippen LogP contribution in [0.15, 0.2) is 24.3 Å². The monoisotopic (exact) mass is 404 g/mol. The highest BCUT2D eigenvalue weighted by Gasteiger charge is 2.59. The number of β-lactam (4-membered cyclic amide) rings is 1. The molecule has 160 valence electrons. The van der Waals surface area contributed by atoms with E-state index in [0.29, 0.717) is 12.8 Å². The topological polar surface area (TPSA) is 95.9 Å². The van der Waals surface area contributed by atoms with Crippen molar-refractivity contribution in [1.29, 1.82) is 0 Å². The zero-order valence-electron chi connectivity index (χ0n) is 17.7. The van der Waals surface area contributed by atoms with E-state index in [-0.39, 0.29) is 24.4 Å². The molecule has 7 nitrogen and oxygen atoms in total. The van der Waals surface area contributed by atoms with Gasteiger partial charge in [-0.25, -0.2) is 4.79 Å². The molecule has 0 aliphatic carbocycles. The maximum atomic E-state index is 12.8. The van der Waals surface area contributed by atoms with E-state index in [1.54, 1.807) is 0 Å². The molecule has 0 spiro atoms. The molecule has 2 atom stereocenters. The number of benzene rings is 1. The van der Waals surface area contributed by atoms with E-state index < -0.39 is 24.2 Å². The fourth-order valence-electron chi connectivity index (χ4n) is 3.99. The summed E-state index contributed by atoms with van der Waals surface area (Å²) >= 11 is 0. The SMILES string of the molecule is CCC[C@@H](NC(=O)CN1C(=O)C(CC)(CC)[C@@H]1OCC(=O)O)c1ccc(C)cc1. The summed E-state index contributed by atoms with van der Waals surface area (Å²) in [5.41, 5.74) is 1.42. The number of carbonyl (C=O) groups is 3. The van der Waals surface area contributed by atoms with Crippen LogP contribution < -0.4 is 5.32 Å². The minimum Gasteiger partial charge on any atom is -0.480 e. The van der Waals surface area contributed by atoms with E-state index in [2.05, 4.69) is 12.2 Å². The number of carbonyl (C=O) groups excluding carboxylic acids is 2. The number of likely N-dealkylation sites (tertiary alicyclic amines) is 1. The van der Waals surface area contributed by atoms with Crippen LogP contribution in [0.4, 0.5) is 0 Å². The summed E-state index contributed by atoms with van der Waals surface area (Å²) in [7, 11) is 0. The molecule has 1 saturated heterocycles. The summed E-state index contributed by atoms with van der Waals surface area (Å²) in [5.74, 6) is -1.53. The highest BCUT2D eigenvalue weighted by Crippen LogP contribution is 2.45. The van der Waals surface area contributed by atoms with Crippen LogP contribution in [0.3, 0.4) is 0 Å². The lowest BCUT2D eigenvalue weighted by Gasteiger charge is -2.54. The van der Waals surface area contributed by atoms with Crippen molar-refractivity contribution in [2.45, 2.75) is 65.6 Å². The van der Waals surface area contributed by atoms with Gasteiger partial charge in [0.2, 0.25) is 11.8 Å². The predicted octanol–water partition coefficient (Wildman–Crippen LogP) is 3.03. The van der Waals surface area contributed by atoms with Gasteiger partial charge >= 0.3 is 5.97 Å². The Morgan fingerprint density at radius 1 is 1.21 bits per heavy atom. The van der Waals surface area contributed by atoms with Crippen molar-refractivity contribution in [3.05, 3.63) is 35.4 Å². The Bertz CT molecular complexity index is 727. The average molecular weight is 405 g/mol. The van der Waals surface area contributed by atoms with E-state index in [1.165, 1.54) is 4.90 Å². The maximum absolute atomic E-state index is 12.8. The Labute approximate surface area is 172 Å². The first-order valence-electron chi connectivity index (χ1n) is 10.3. The number of carboxylic acids is 1. The smallest absolute Gasteiger partial charge is 0.329 e. The third-order valence-corrected chi connectivity index (χ3v) is 5.78. The van der Waals surface area contributed by atoms with Gasteiger partial charge in [-0.15, -0.1) is 0 Å². The molecule has 1 fully saturated rings. The lowest BCUT2D eigenvalue weighted by molar-refractivity contribution is -0.225. The van der Waals surface area contributed by atoms with Gasteiger partial charge in [-0.1, -0.05) is 57.0 Å². The lowest BCUT2D eigenvalue weighted by atomic mass is 9.71. The van der Waals surface area contributed by atoms with E-state index in [0.717, 1.165) is 24.0 Å². The zero-order valence-corrected chi connectivity index (χ0v) is 17.7. The summed E-state index contributed by atoms with van der Waals surface area (Å²) in [6.07, 6.45) is 2.06. The van der Waals surface area contributed by atoms with Crippen LogP contribution in [-0.4, -0.2) is 47.2 Å². The second-order valence-electron chi connectivity index (χ2n) is 7.67. The number of amides is 2. The van der Waals surface area contributed by atoms with E-state index >= 15 is 0 Å². The third-order valence-electron chi connectivity index (χ3n) is 5.78. The molecule has 1 aliphatic heterocycles. The number of nitrogens with one attached hydrogen (secondary N) is 1. The molecule has 2 rings (SSSR count). The highest BCUT2D eigenvalue weighted by molar-refractivity contribution is 5.93. The van der Waals surface area contributed by atoms with Crippen molar-refractivity contribution in [2.24, 2.45) is 5.41 Å². The van der Waals surface area contributed by atoms with Crippen LogP contribution in [0.1, 0.15) is 63.6 Å². The second kappa shape index (κ2) is 9.87. The maximum Gasteiger partial charge on any atom is 0.329 e. The van der Waals surface area contributed by atoms with Gasteiger partial charge in [0.05, 0.1) is 11.5 Å². The molecule has 29 heavy (non-hydrogen) atoms. The summed E-state index contributed by atoms with van der Waals surface area (Å²) in [5, 5.41) is 12.0. The number of ether oxygens (including phenoxy) is 1. The number of carboxylic acid groups (broad SMARTS) is 1. The number of aliphatic carboxylic acids is 1. The van der Waals surface area contributed by atoms with Crippen LogP contribution in [0.5, 0.6) is 0 Å². The van der Waals surface area contributed by atoms with Crippen molar-refractivity contribution in [3.8, 4) is 0 Å². The largest absolute Gasteiger partial charge is 0.480 e. The first-order chi connectivity index (χ1) is 13.8. The van der Waals surface area contributed by atoms with Crippen molar-refractivity contribution in [2.75, 3.05) is 13.2 Å². The fourth-order valence-corrected chi connectivity index (χ4v) is 3.99. The summed E-state index contributed by atoms with van der Waals surface area (Å²) in [6, 6.07) is 7.89. The van der Waals surface area contributed by atoms with Crippen molar-refractivity contribution < 1.29 is 24.2 Å². The Kier molecular flexibility index (Phi) is 7.79. The minimum absolute atomic E-state index is 0.134. The van der Waals surface area contributed by atoms with Crippen LogP contribution in [0.2, 0.25) is 0 Å². The van der Waals surface area contributed by atoms with Gasteiger partial charge in [-0.05, 0) is 31.7 Å². The third kappa shape index (κ3) is 4.96. The van der Waals surface area contributed by atoms with Gasteiger partial charge in [0.15, 0.2) is 0 Å². The Balaban J connectivity index is 2.09. The molecule has 0 aromatic heterocycles. The van der Waals surface area contributed by atoms with Gasteiger partial charge < -0.3 is 20.1 Å². The number of hydrogen-bond donors (Lipinski definition) is 2. The number of nitrogens with zero attached hydrogens (tertiary/aromatic N) is 1. The van der Waals surface area contributed by atoms with Crippen molar-refractivity contribution in [1.82, 2.24) is 10.2 Å². The molecule has 7 heteroatoms. The molecule has 1 aromatic carbocycles. The Morgan fingerprint density at radius 2 is 1.83 bits per heavy atom. The van der Waals surface area contributed by atoms with Crippen LogP contribution in [-0.2, 0) is 19.1 Å². The lowest BCUT2D eigenvalue weighted by Crippen LogP contribution is -2.71. The summed E-state index contributed by atoms with van der Waals surface area (Å²) < 4.78 is 5.50. The van der Waals surface area contributed by atoms with Crippen molar-refractivity contribution in [3.63, 3.8) is 0 Å². The summed E-state index contributed by atoms with van der Waals surface area (Å²) in [6.45, 7) is 7.18. The fraction of sp³-hybridized carbons (Fsp3) is 0.591. The molecule has 0 bridgehead atoms. The van der Waals surface area contributed by atoms with Crippen molar-refractivity contribution >= 4 is 17.8 Å². The first kappa shape index (κ1) is 22.9. The van der Waals surface area contributed by atoms with Gasteiger partial charge in [0.1, 0.15) is 19.4 Å². The Morgan fingerprint density at radius 3 is 2.34 bits per heavy atom. The molecular formula is C22H32N2O5. The van der Waals surface area contributed by atoms with Crippen LogP contribution in [0.25, 0.3) is 0 Å². The molecule has 0 unspecified atom stereocenters. The predicted molar refractivity (Wildman–Crippen MR) is 109 cm³/mol. The molecule has 1 aromatic rings. The molecule has 2 N–H and O–H groups in total. The van der Waals surface area contributed by atoms with Crippen LogP contribution in [0, 0.1) is 12.3 Å². The summed E-state index contributed by atoms with van der Waals surface area (Å²) in [4.78, 5) is 37.8. The number of aryl methyl sites for hydroxylation is 1. The average Bonchev–Trinajstić information content (AvgIpc) is 2.69. The van der Waals surface area contributed by atoms with E-state index in [1.807, 2.05) is 45.0 Å². The molecule has 1 aliphatic rings.